The highest BCUT2D eigenvalue weighted by Gasteiger charge is 2.22. The largest absolute Gasteiger partial charge is 0.409 e. The zero-order valence-corrected chi connectivity index (χ0v) is 12.7. The highest BCUT2D eigenvalue weighted by molar-refractivity contribution is 9.10. The zero-order valence-electron chi connectivity index (χ0n) is 10.4. The predicted molar refractivity (Wildman–Crippen MR) is 79.6 cm³/mol. The summed E-state index contributed by atoms with van der Waals surface area (Å²) in [6, 6.07) is 5.12. The third-order valence-corrected chi connectivity index (χ3v) is 3.36. The monoisotopic (exact) mass is 347 g/mol. The van der Waals surface area contributed by atoms with Crippen molar-refractivity contribution >= 4 is 45.0 Å². The van der Waals surface area contributed by atoms with Gasteiger partial charge in [-0.2, -0.15) is 0 Å². The molecule has 0 spiro atoms. The van der Waals surface area contributed by atoms with E-state index in [0.717, 1.165) is 10.9 Å². The molecular weight excluding hydrogens is 334 g/mol. The molecule has 1 rings (SSSR count). The van der Waals surface area contributed by atoms with Crippen LogP contribution in [0.25, 0.3) is 0 Å². The molecule has 0 saturated carbocycles. The van der Waals surface area contributed by atoms with Gasteiger partial charge in [-0.05, 0) is 24.6 Å². The summed E-state index contributed by atoms with van der Waals surface area (Å²) in [7, 11) is 0. The second kappa shape index (κ2) is 7.35. The van der Waals surface area contributed by atoms with E-state index >= 15 is 0 Å². The van der Waals surface area contributed by atoms with E-state index < -0.39 is 5.92 Å². The van der Waals surface area contributed by atoms with Crippen LogP contribution in [0.3, 0.4) is 0 Å². The molecule has 0 saturated heterocycles. The van der Waals surface area contributed by atoms with E-state index in [2.05, 4.69) is 26.4 Å². The third kappa shape index (κ3) is 4.40. The van der Waals surface area contributed by atoms with Gasteiger partial charge < -0.3 is 16.3 Å². The summed E-state index contributed by atoms with van der Waals surface area (Å²) in [6.45, 7) is 1.91. The summed E-state index contributed by atoms with van der Waals surface area (Å²) < 4.78 is 0.817. The fraction of sp³-hybridized carbons (Fsp3) is 0.333. The molecule has 104 valence electrons. The minimum Gasteiger partial charge on any atom is -0.409 e. The molecule has 0 heterocycles. The first kappa shape index (κ1) is 15.8. The molecule has 1 aromatic rings. The van der Waals surface area contributed by atoms with Gasteiger partial charge >= 0.3 is 0 Å². The Hall–Kier alpha value is -1.27. The number of anilines is 1. The average molecular weight is 349 g/mol. The number of nitrogens with one attached hydrogen (secondary N) is 1. The van der Waals surface area contributed by atoms with Gasteiger partial charge in [-0.3, -0.25) is 4.79 Å². The van der Waals surface area contributed by atoms with Gasteiger partial charge in [-0.15, -0.1) is 0 Å². The van der Waals surface area contributed by atoms with Crippen LogP contribution in [0.2, 0.25) is 5.02 Å². The molecule has 0 aliphatic rings. The molecule has 0 bridgehead atoms. The molecule has 19 heavy (non-hydrogen) atoms. The smallest absolute Gasteiger partial charge is 0.235 e. The molecule has 7 heteroatoms. The van der Waals surface area contributed by atoms with E-state index in [4.69, 9.17) is 22.5 Å². The Bertz CT molecular complexity index is 494. The Morgan fingerprint density at radius 3 is 2.84 bits per heavy atom. The van der Waals surface area contributed by atoms with Gasteiger partial charge in [-0.1, -0.05) is 46.0 Å². The lowest BCUT2D eigenvalue weighted by Gasteiger charge is -2.15. The summed E-state index contributed by atoms with van der Waals surface area (Å²) in [5, 5.41) is 14.7. The minimum atomic E-state index is -0.672. The lowest BCUT2D eigenvalue weighted by Crippen LogP contribution is -2.34. The topological polar surface area (TPSA) is 87.7 Å². The van der Waals surface area contributed by atoms with Gasteiger partial charge in [0.25, 0.3) is 0 Å². The molecule has 1 atom stereocenters. The molecule has 4 N–H and O–H groups in total. The van der Waals surface area contributed by atoms with Crippen LogP contribution in [0.5, 0.6) is 0 Å². The van der Waals surface area contributed by atoms with Crippen molar-refractivity contribution in [2.75, 3.05) is 5.32 Å². The van der Waals surface area contributed by atoms with Crippen molar-refractivity contribution < 1.29 is 10.0 Å². The summed E-state index contributed by atoms with van der Waals surface area (Å²) in [6.07, 6.45) is 1.23. The Morgan fingerprint density at radius 2 is 2.32 bits per heavy atom. The van der Waals surface area contributed by atoms with Crippen molar-refractivity contribution in [1.29, 1.82) is 0 Å². The van der Waals surface area contributed by atoms with Gasteiger partial charge in [0.05, 0.1) is 16.6 Å². The first-order chi connectivity index (χ1) is 8.99. The summed E-state index contributed by atoms with van der Waals surface area (Å²) in [5.74, 6) is -1.12. The molecule has 0 aromatic heterocycles. The molecular formula is C12H15BrClN3O2. The number of nitrogens with zero attached hydrogens (tertiary/aromatic N) is 1. The number of benzene rings is 1. The van der Waals surface area contributed by atoms with E-state index in [-0.39, 0.29) is 11.7 Å². The van der Waals surface area contributed by atoms with Crippen molar-refractivity contribution in [3.8, 4) is 0 Å². The fourth-order valence-electron chi connectivity index (χ4n) is 1.58. The standard InChI is InChI=1S/C12H15BrClN3O2/c1-2-3-8(11(15)17-19)12(18)16-10-5-4-7(13)6-9(10)14/h4-6,8,19H,2-3H2,1H3,(H2,15,17)(H,16,18). The molecule has 1 unspecified atom stereocenters. The van der Waals surface area contributed by atoms with Gasteiger partial charge in [-0.25, -0.2) is 0 Å². The SMILES string of the molecule is CCCC(C(=O)Nc1ccc(Br)cc1Cl)C(N)=NO. The molecule has 1 amide bonds. The lowest BCUT2D eigenvalue weighted by atomic mass is 10.0. The van der Waals surface area contributed by atoms with Crippen LogP contribution in [-0.2, 0) is 4.79 Å². The van der Waals surface area contributed by atoms with Crippen molar-refractivity contribution in [3.63, 3.8) is 0 Å². The van der Waals surface area contributed by atoms with E-state index in [9.17, 15) is 4.79 Å². The lowest BCUT2D eigenvalue weighted by molar-refractivity contribution is -0.118. The second-order valence-corrected chi connectivity index (χ2v) is 5.30. The van der Waals surface area contributed by atoms with Crippen molar-refractivity contribution in [3.05, 3.63) is 27.7 Å². The maximum absolute atomic E-state index is 12.1. The first-order valence-corrected chi connectivity index (χ1v) is 6.90. The normalized spacial score (nSPS) is 13.1. The number of carbonyl (C=O) groups excluding carboxylic acids is 1. The van der Waals surface area contributed by atoms with Crippen LogP contribution in [-0.4, -0.2) is 17.0 Å². The summed E-state index contributed by atoms with van der Waals surface area (Å²) >= 11 is 9.29. The van der Waals surface area contributed by atoms with Crippen LogP contribution in [0.15, 0.2) is 27.8 Å². The van der Waals surface area contributed by atoms with Crippen molar-refractivity contribution in [1.82, 2.24) is 0 Å². The van der Waals surface area contributed by atoms with Crippen LogP contribution in [0.4, 0.5) is 5.69 Å². The number of rotatable bonds is 5. The maximum atomic E-state index is 12.1. The van der Waals surface area contributed by atoms with E-state index in [1.165, 1.54) is 0 Å². The summed E-state index contributed by atoms with van der Waals surface area (Å²) in [4.78, 5) is 12.1. The Kier molecular flexibility index (Phi) is 6.11. The van der Waals surface area contributed by atoms with Crippen LogP contribution >= 0.6 is 27.5 Å². The number of hydrogen-bond donors (Lipinski definition) is 3. The number of hydrogen-bond acceptors (Lipinski definition) is 3. The molecule has 0 fully saturated rings. The molecule has 1 aromatic carbocycles. The van der Waals surface area contributed by atoms with Crippen molar-refractivity contribution in [2.45, 2.75) is 19.8 Å². The average Bonchev–Trinajstić information content (AvgIpc) is 2.38. The maximum Gasteiger partial charge on any atom is 0.235 e. The summed E-state index contributed by atoms with van der Waals surface area (Å²) in [5.41, 5.74) is 6.01. The Balaban J connectivity index is 2.87. The van der Waals surface area contributed by atoms with Gasteiger partial charge in [0.1, 0.15) is 0 Å². The predicted octanol–water partition coefficient (Wildman–Crippen LogP) is 3.20. The Labute approximate surface area is 124 Å². The third-order valence-electron chi connectivity index (χ3n) is 2.56. The molecule has 0 aliphatic heterocycles. The zero-order chi connectivity index (χ0) is 14.4. The minimum absolute atomic E-state index is 0.104. The molecule has 0 radical (unpaired) electrons. The number of carbonyl (C=O) groups is 1. The van der Waals surface area contributed by atoms with E-state index in [0.29, 0.717) is 17.1 Å². The van der Waals surface area contributed by atoms with E-state index in [1.54, 1.807) is 18.2 Å². The highest BCUT2D eigenvalue weighted by Crippen LogP contribution is 2.26. The van der Waals surface area contributed by atoms with E-state index in [1.807, 2.05) is 6.92 Å². The van der Waals surface area contributed by atoms with Gasteiger partial charge in [0.15, 0.2) is 5.84 Å². The van der Waals surface area contributed by atoms with Gasteiger partial charge in [0.2, 0.25) is 5.91 Å². The molecule has 5 nitrogen and oxygen atoms in total. The second-order valence-electron chi connectivity index (χ2n) is 3.98. The number of amides is 1. The fourth-order valence-corrected chi connectivity index (χ4v) is 2.30. The highest BCUT2D eigenvalue weighted by atomic mass is 79.9. The van der Waals surface area contributed by atoms with Gasteiger partial charge in [0, 0.05) is 4.47 Å². The van der Waals surface area contributed by atoms with Crippen LogP contribution < -0.4 is 11.1 Å². The van der Waals surface area contributed by atoms with Crippen molar-refractivity contribution in [2.24, 2.45) is 16.8 Å². The number of oxime groups is 1. The number of amidine groups is 1. The quantitative estimate of drug-likeness (QED) is 0.330. The van der Waals surface area contributed by atoms with Crippen LogP contribution in [0.1, 0.15) is 19.8 Å². The Morgan fingerprint density at radius 1 is 1.63 bits per heavy atom. The first-order valence-electron chi connectivity index (χ1n) is 5.73. The molecule has 0 aliphatic carbocycles. The number of halogens is 2. The van der Waals surface area contributed by atoms with Crippen LogP contribution in [0, 0.1) is 5.92 Å². The number of nitrogens with two attached hydrogens (primary N) is 1.